The summed E-state index contributed by atoms with van der Waals surface area (Å²) in [7, 11) is 0. The van der Waals surface area contributed by atoms with Crippen LogP contribution < -0.4 is 5.32 Å². The molecule has 0 heterocycles. The van der Waals surface area contributed by atoms with Crippen molar-refractivity contribution >= 4 is 6.09 Å². The number of carboxylic acid groups (broad SMARTS) is 1. The minimum Gasteiger partial charge on any atom is -0.465 e. The number of carbonyl (C=O) groups is 1. The lowest BCUT2D eigenvalue weighted by atomic mass is 10.2. The molecule has 0 saturated heterocycles. The highest BCUT2D eigenvalue weighted by atomic mass is 16.5. The maximum absolute atomic E-state index is 9.93. The molecule has 0 saturated carbocycles. The molecule has 0 bridgehead atoms. The van der Waals surface area contributed by atoms with E-state index in [1.807, 2.05) is 5.32 Å². The topological polar surface area (TPSA) is 58.6 Å². The molecule has 0 spiro atoms. The minimum absolute atomic E-state index is 0.0907. The summed E-state index contributed by atoms with van der Waals surface area (Å²) >= 11 is 0. The lowest BCUT2D eigenvalue weighted by Crippen LogP contribution is -2.31. The van der Waals surface area contributed by atoms with Crippen molar-refractivity contribution in [2.75, 3.05) is 6.73 Å². The molecule has 0 aliphatic heterocycles. The van der Waals surface area contributed by atoms with Gasteiger partial charge in [-0.25, -0.2) is 4.79 Å². The summed E-state index contributed by atoms with van der Waals surface area (Å²) in [5.41, 5.74) is -0.720. The molecule has 0 aromatic carbocycles. The standard InChI is InChI=1S/C7H11NO3/c1-4-7(2,3)11-5-8-6(9)10/h1,8H,5H2,2-3H3,(H,9,10). The van der Waals surface area contributed by atoms with Gasteiger partial charge in [-0.2, -0.15) is 0 Å². The van der Waals surface area contributed by atoms with Crippen molar-refractivity contribution in [3.05, 3.63) is 0 Å². The quantitative estimate of drug-likeness (QED) is 0.467. The van der Waals surface area contributed by atoms with Gasteiger partial charge in [0.2, 0.25) is 0 Å². The molecule has 0 aliphatic carbocycles. The van der Waals surface area contributed by atoms with E-state index in [1.165, 1.54) is 0 Å². The summed E-state index contributed by atoms with van der Waals surface area (Å²) in [5, 5.41) is 10.2. The molecule has 4 heteroatoms. The largest absolute Gasteiger partial charge is 0.465 e. The Morgan fingerprint density at radius 3 is 2.73 bits per heavy atom. The van der Waals surface area contributed by atoms with Crippen LogP contribution in [0, 0.1) is 12.3 Å². The fourth-order valence-corrected chi connectivity index (χ4v) is 0.320. The number of rotatable bonds is 3. The predicted octanol–water partition coefficient (Wildman–Crippen LogP) is 0.640. The average molecular weight is 157 g/mol. The van der Waals surface area contributed by atoms with Crippen molar-refractivity contribution in [2.24, 2.45) is 0 Å². The molecule has 0 fully saturated rings. The molecule has 0 aromatic heterocycles. The normalized spacial score (nSPS) is 10.3. The zero-order valence-corrected chi connectivity index (χ0v) is 6.55. The Morgan fingerprint density at radius 2 is 2.36 bits per heavy atom. The molecule has 0 atom stereocenters. The van der Waals surface area contributed by atoms with E-state index in [1.54, 1.807) is 13.8 Å². The first kappa shape index (κ1) is 9.79. The van der Waals surface area contributed by atoms with E-state index in [9.17, 15) is 4.79 Å². The van der Waals surface area contributed by atoms with Crippen molar-refractivity contribution < 1.29 is 14.6 Å². The Morgan fingerprint density at radius 1 is 1.82 bits per heavy atom. The number of ether oxygens (including phenoxy) is 1. The third kappa shape index (κ3) is 5.25. The first-order valence-corrected chi connectivity index (χ1v) is 3.06. The number of hydrogen-bond acceptors (Lipinski definition) is 2. The molecule has 11 heavy (non-hydrogen) atoms. The highest BCUT2D eigenvalue weighted by Gasteiger charge is 2.13. The van der Waals surface area contributed by atoms with Crippen LogP contribution in [0.15, 0.2) is 0 Å². The molecular weight excluding hydrogens is 146 g/mol. The van der Waals surface area contributed by atoms with Gasteiger partial charge in [0.1, 0.15) is 12.3 Å². The number of hydrogen-bond donors (Lipinski definition) is 2. The lowest BCUT2D eigenvalue weighted by molar-refractivity contribution is 0.0171. The molecule has 0 rings (SSSR count). The Labute approximate surface area is 65.5 Å². The summed E-state index contributed by atoms with van der Waals surface area (Å²) in [4.78, 5) is 9.93. The summed E-state index contributed by atoms with van der Waals surface area (Å²) in [6, 6.07) is 0. The van der Waals surface area contributed by atoms with E-state index in [-0.39, 0.29) is 6.73 Å². The molecule has 1 amide bonds. The molecular formula is C7H11NO3. The SMILES string of the molecule is C#CC(C)(C)OCNC(=O)O. The summed E-state index contributed by atoms with van der Waals surface area (Å²) in [6.45, 7) is 3.26. The maximum atomic E-state index is 9.93. The second kappa shape index (κ2) is 3.84. The van der Waals surface area contributed by atoms with Gasteiger partial charge in [0.05, 0.1) is 0 Å². The predicted molar refractivity (Wildman–Crippen MR) is 40.0 cm³/mol. The molecule has 0 aromatic rings. The van der Waals surface area contributed by atoms with Crippen molar-refractivity contribution in [1.29, 1.82) is 0 Å². The molecule has 0 unspecified atom stereocenters. The highest BCUT2D eigenvalue weighted by Crippen LogP contribution is 2.04. The van der Waals surface area contributed by atoms with E-state index in [0.29, 0.717) is 0 Å². The van der Waals surface area contributed by atoms with Crippen LogP contribution in [0.5, 0.6) is 0 Å². The van der Waals surface area contributed by atoms with Gasteiger partial charge in [-0.15, -0.1) is 6.42 Å². The van der Waals surface area contributed by atoms with Crippen LogP contribution >= 0.6 is 0 Å². The van der Waals surface area contributed by atoms with E-state index in [4.69, 9.17) is 16.3 Å². The molecule has 2 N–H and O–H groups in total. The van der Waals surface area contributed by atoms with Crippen LogP contribution in [0.1, 0.15) is 13.8 Å². The van der Waals surface area contributed by atoms with E-state index >= 15 is 0 Å². The van der Waals surface area contributed by atoms with Crippen LogP contribution in [0.3, 0.4) is 0 Å². The fourth-order valence-electron chi connectivity index (χ4n) is 0.320. The average Bonchev–Trinajstić information content (AvgIpc) is 1.87. The molecule has 0 radical (unpaired) electrons. The second-order valence-electron chi connectivity index (χ2n) is 2.43. The van der Waals surface area contributed by atoms with Crippen molar-refractivity contribution in [1.82, 2.24) is 5.32 Å². The van der Waals surface area contributed by atoms with Crippen LogP contribution in [-0.2, 0) is 4.74 Å². The van der Waals surface area contributed by atoms with Gasteiger partial charge in [-0.1, -0.05) is 5.92 Å². The number of terminal acetylenes is 1. The van der Waals surface area contributed by atoms with Crippen LogP contribution in [-0.4, -0.2) is 23.5 Å². The van der Waals surface area contributed by atoms with E-state index in [2.05, 4.69) is 5.92 Å². The van der Waals surface area contributed by atoms with Gasteiger partial charge in [0, 0.05) is 0 Å². The summed E-state index contributed by atoms with van der Waals surface area (Å²) in [5.74, 6) is 2.36. The minimum atomic E-state index is -1.13. The van der Waals surface area contributed by atoms with Gasteiger partial charge in [0.25, 0.3) is 0 Å². The Balaban J connectivity index is 3.56. The van der Waals surface area contributed by atoms with Gasteiger partial charge in [0.15, 0.2) is 0 Å². The monoisotopic (exact) mass is 157 g/mol. The van der Waals surface area contributed by atoms with E-state index in [0.717, 1.165) is 0 Å². The van der Waals surface area contributed by atoms with Gasteiger partial charge in [-0.05, 0) is 13.8 Å². The Kier molecular flexibility index (Phi) is 3.42. The maximum Gasteiger partial charge on any atom is 0.406 e. The van der Waals surface area contributed by atoms with Crippen molar-refractivity contribution in [3.63, 3.8) is 0 Å². The Hall–Kier alpha value is -1.21. The summed E-state index contributed by atoms with van der Waals surface area (Å²) < 4.78 is 4.96. The fraction of sp³-hybridized carbons (Fsp3) is 0.571. The third-order valence-corrected chi connectivity index (χ3v) is 1.00. The zero-order valence-electron chi connectivity index (χ0n) is 6.55. The van der Waals surface area contributed by atoms with Gasteiger partial charge >= 0.3 is 6.09 Å². The highest BCUT2D eigenvalue weighted by molar-refractivity contribution is 5.64. The first-order valence-electron chi connectivity index (χ1n) is 3.06. The summed E-state index contributed by atoms with van der Waals surface area (Å²) in [6.07, 6.45) is 3.95. The lowest BCUT2D eigenvalue weighted by Gasteiger charge is -2.17. The zero-order chi connectivity index (χ0) is 8.91. The third-order valence-electron chi connectivity index (χ3n) is 1.00. The van der Waals surface area contributed by atoms with Crippen LogP contribution in [0.4, 0.5) is 4.79 Å². The molecule has 0 aliphatic rings. The van der Waals surface area contributed by atoms with Crippen molar-refractivity contribution in [2.45, 2.75) is 19.4 Å². The van der Waals surface area contributed by atoms with Crippen LogP contribution in [0.2, 0.25) is 0 Å². The molecule has 4 nitrogen and oxygen atoms in total. The van der Waals surface area contributed by atoms with Gasteiger partial charge in [-0.3, -0.25) is 5.32 Å². The number of nitrogens with one attached hydrogen (secondary N) is 1. The smallest absolute Gasteiger partial charge is 0.406 e. The molecule has 62 valence electrons. The van der Waals surface area contributed by atoms with Gasteiger partial charge < -0.3 is 9.84 Å². The van der Waals surface area contributed by atoms with E-state index < -0.39 is 11.7 Å². The Bertz CT molecular complexity index is 181. The number of amides is 1. The van der Waals surface area contributed by atoms with Crippen molar-refractivity contribution in [3.8, 4) is 12.3 Å². The van der Waals surface area contributed by atoms with Crippen LogP contribution in [0.25, 0.3) is 0 Å². The first-order chi connectivity index (χ1) is 4.98. The second-order valence-corrected chi connectivity index (χ2v) is 2.43.